The Labute approximate surface area is 105 Å². The van der Waals surface area contributed by atoms with E-state index in [2.05, 4.69) is 28.0 Å². The zero-order valence-corrected chi connectivity index (χ0v) is 10.7. The highest BCUT2D eigenvalue weighted by Gasteiger charge is 2.31. The van der Waals surface area contributed by atoms with Gasteiger partial charge in [-0.2, -0.15) is 5.10 Å². The van der Waals surface area contributed by atoms with Gasteiger partial charge in [-0.3, -0.25) is 10.2 Å². The molecule has 4 nitrogen and oxygen atoms in total. The van der Waals surface area contributed by atoms with Crippen LogP contribution in [0.1, 0.15) is 19.4 Å². The van der Waals surface area contributed by atoms with Gasteiger partial charge in [-0.1, -0.05) is 42.1 Å². The van der Waals surface area contributed by atoms with E-state index in [1.165, 1.54) is 17.3 Å². The highest BCUT2D eigenvalue weighted by atomic mass is 32.2. The summed E-state index contributed by atoms with van der Waals surface area (Å²) in [5.74, 6) is 0.741. The van der Waals surface area contributed by atoms with E-state index < -0.39 is 5.54 Å². The van der Waals surface area contributed by atoms with E-state index in [0.717, 1.165) is 5.75 Å². The van der Waals surface area contributed by atoms with Crippen LogP contribution in [0.15, 0.2) is 35.4 Å². The molecular formula is C12H15N3OS. The van der Waals surface area contributed by atoms with Crippen molar-refractivity contribution in [3.63, 3.8) is 0 Å². The highest BCUT2D eigenvalue weighted by Crippen LogP contribution is 2.15. The second kappa shape index (κ2) is 4.79. The molecule has 0 unspecified atom stereocenters. The van der Waals surface area contributed by atoms with Gasteiger partial charge in [-0.25, -0.2) is 0 Å². The van der Waals surface area contributed by atoms with Gasteiger partial charge in [0.05, 0.1) is 0 Å². The molecule has 1 heterocycles. The van der Waals surface area contributed by atoms with Crippen LogP contribution < -0.4 is 10.7 Å². The van der Waals surface area contributed by atoms with Crippen molar-refractivity contribution in [2.45, 2.75) is 25.1 Å². The number of hydrogen-bond donors (Lipinski definition) is 2. The first kappa shape index (κ1) is 12.0. The van der Waals surface area contributed by atoms with Crippen LogP contribution in [0.3, 0.4) is 0 Å². The lowest BCUT2D eigenvalue weighted by atomic mass is 10.1. The van der Waals surface area contributed by atoms with E-state index in [-0.39, 0.29) is 5.91 Å². The first-order valence-corrected chi connectivity index (χ1v) is 6.39. The third-order valence-corrected chi connectivity index (χ3v) is 3.39. The van der Waals surface area contributed by atoms with E-state index in [9.17, 15) is 4.79 Å². The summed E-state index contributed by atoms with van der Waals surface area (Å²) in [4.78, 5) is 11.7. The van der Waals surface area contributed by atoms with Gasteiger partial charge in [-0.15, -0.1) is 0 Å². The van der Waals surface area contributed by atoms with E-state index in [1.54, 1.807) is 13.8 Å². The summed E-state index contributed by atoms with van der Waals surface area (Å²) >= 11 is 1.51. The second-order valence-electron chi connectivity index (χ2n) is 4.38. The highest BCUT2D eigenvalue weighted by molar-refractivity contribution is 8.13. The molecule has 5 heteroatoms. The van der Waals surface area contributed by atoms with Crippen molar-refractivity contribution in [3.8, 4) is 0 Å². The number of nitrogens with one attached hydrogen (secondary N) is 2. The Kier molecular flexibility index (Phi) is 3.38. The Morgan fingerprint density at radius 3 is 2.65 bits per heavy atom. The fourth-order valence-corrected chi connectivity index (χ4v) is 2.09. The summed E-state index contributed by atoms with van der Waals surface area (Å²) in [6.07, 6.45) is 0. The summed E-state index contributed by atoms with van der Waals surface area (Å²) in [6.45, 7) is 3.59. The molecule has 90 valence electrons. The molecule has 1 amide bonds. The number of amidine groups is 1. The molecule has 2 N–H and O–H groups in total. The van der Waals surface area contributed by atoms with Crippen LogP contribution in [-0.4, -0.2) is 16.6 Å². The lowest BCUT2D eigenvalue weighted by molar-refractivity contribution is -0.125. The van der Waals surface area contributed by atoms with Crippen molar-refractivity contribution in [2.24, 2.45) is 5.10 Å². The molecule has 17 heavy (non-hydrogen) atoms. The molecule has 1 aliphatic heterocycles. The maximum Gasteiger partial charge on any atom is 0.252 e. The van der Waals surface area contributed by atoms with Gasteiger partial charge < -0.3 is 5.32 Å². The fraction of sp³-hybridized carbons (Fsp3) is 0.333. The van der Waals surface area contributed by atoms with Gasteiger partial charge >= 0.3 is 0 Å². The first-order chi connectivity index (χ1) is 8.08. The van der Waals surface area contributed by atoms with Crippen LogP contribution in [0.2, 0.25) is 0 Å². The molecule has 0 bridgehead atoms. The maximum atomic E-state index is 11.7. The predicted molar refractivity (Wildman–Crippen MR) is 70.5 cm³/mol. The quantitative estimate of drug-likeness (QED) is 0.838. The molecule has 1 aromatic rings. The standard InChI is InChI=1S/C12H15N3OS/c1-12(2)10(16)13-11(14-15-12)17-8-9-6-4-3-5-7-9/h3-7,15H,8H2,1-2H3,(H,13,14,16). The van der Waals surface area contributed by atoms with Gasteiger partial charge in [0, 0.05) is 5.75 Å². The van der Waals surface area contributed by atoms with Crippen molar-refractivity contribution >= 4 is 22.8 Å². The summed E-state index contributed by atoms with van der Waals surface area (Å²) in [7, 11) is 0. The number of rotatable bonds is 2. The third-order valence-electron chi connectivity index (χ3n) is 2.44. The average molecular weight is 249 g/mol. The largest absolute Gasteiger partial charge is 0.302 e. The van der Waals surface area contributed by atoms with Gasteiger partial charge in [0.15, 0.2) is 5.17 Å². The molecular weight excluding hydrogens is 234 g/mol. The van der Waals surface area contributed by atoms with Crippen molar-refractivity contribution in [3.05, 3.63) is 35.9 Å². The van der Waals surface area contributed by atoms with Crippen molar-refractivity contribution in [2.75, 3.05) is 0 Å². The summed E-state index contributed by atoms with van der Waals surface area (Å²) in [5.41, 5.74) is 3.43. The number of carbonyl (C=O) groups excluding carboxylic acids is 1. The zero-order valence-electron chi connectivity index (χ0n) is 9.86. The van der Waals surface area contributed by atoms with Crippen LogP contribution in [-0.2, 0) is 10.5 Å². The molecule has 0 saturated heterocycles. The summed E-state index contributed by atoms with van der Waals surface area (Å²) in [5, 5.41) is 7.56. The van der Waals surface area contributed by atoms with Crippen molar-refractivity contribution in [1.82, 2.24) is 10.7 Å². The lowest BCUT2D eigenvalue weighted by Crippen LogP contribution is -2.56. The van der Waals surface area contributed by atoms with Crippen molar-refractivity contribution in [1.29, 1.82) is 0 Å². The SMILES string of the molecule is CC1(C)NN=C(SCc2ccccc2)NC1=O. The Morgan fingerprint density at radius 1 is 1.29 bits per heavy atom. The smallest absolute Gasteiger partial charge is 0.252 e. The maximum absolute atomic E-state index is 11.7. The number of nitrogens with zero attached hydrogens (tertiary/aromatic N) is 1. The molecule has 0 spiro atoms. The summed E-state index contributed by atoms with van der Waals surface area (Å²) < 4.78 is 0. The molecule has 1 aromatic carbocycles. The third kappa shape index (κ3) is 3.00. The number of carbonyl (C=O) groups is 1. The number of amides is 1. The minimum Gasteiger partial charge on any atom is -0.302 e. The number of hydrazone groups is 1. The molecule has 2 rings (SSSR count). The summed E-state index contributed by atoms with van der Waals surface area (Å²) in [6, 6.07) is 10.1. The second-order valence-corrected chi connectivity index (χ2v) is 5.35. The predicted octanol–water partition coefficient (Wildman–Crippen LogP) is 1.69. The Hall–Kier alpha value is -1.49. The molecule has 0 radical (unpaired) electrons. The molecule has 0 atom stereocenters. The van der Waals surface area contributed by atoms with Crippen LogP contribution in [0.4, 0.5) is 0 Å². The number of benzene rings is 1. The van der Waals surface area contributed by atoms with Crippen LogP contribution in [0.5, 0.6) is 0 Å². The van der Waals surface area contributed by atoms with E-state index in [0.29, 0.717) is 5.17 Å². The zero-order chi connectivity index (χ0) is 12.3. The van der Waals surface area contributed by atoms with E-state index in [1.807, 2.05) is 18.2 Å². The minimum absolute atomic E-state index is 0.0527. The molecule has 1 aliphatic rings. The Morgan fingerprint density at radius 2 is 2.00 bits per heavy atom. The van der Waals surface area contributed by atoms with Gasteiger partial charge in [0.25, 0.3) is 5.91 Å². The van der Waals surface area contributed by atoms with Crippen LogP contribution >= 0.6 is 11.8 Å². The molecule has 0 aromatic heterocycles. The molecule has 0 fully saturated rings. The fourth-order valence-electron chi connectivity index (χ4n) is 1.32. The topological polar surface area (TPSA) is 53.5 Å². The monoisotopic (exact) mass is 249 g/mol. The normalized spacial score (nSPS) is 18.0. The minimum atomic E-state index is -0.628. The van der Waals surface area contributed by atoms with E-state index >= 15 is 0 Å². The van der Waals surface area contributed by atoms with Crippen molar-refractivity contribution < 1.29 is 4.79 Å². The van der Waals surface area contributed by atoms with Gasteiger partial charge in [-0.05, 0) is 19.4 Å². The van der Waals surface area contributed by atoms with E-state index in [4.69, 9.17) is 0 Å². The van der Waals surface area contributed by atoms with Crippen LogP contribution in [0.25, 0.3) is 0 Å². The number of thioether (sulfide) groups is 1. The van der Waals surface area contributed by atoms with Gasteiger partial charge in [0.2, 0.25) is 0 Å². The Bertz CT molecular complexity index is 442. The molecule has 0 aliphatic carbocycles. The number of hydrogen-bond acceptors (Lipinski definition) is 4. The lowest BCUT2D eigenvalue weighted by Gasteiger charge is -2.28. The van der Waals surface area contributed by atoms with Crippen LogP contribution in [0, 0.1) is 0 Å². The first-order valence-electron chi connectivity index (χ1n) is 5.41. The van der Waals surface area contributed by atoms with Gasteiger partial charge in [0.1, 0.15) is 5.54 Å². The molecule has 0 saturated carbocycles. The Balaban J connectivity index is 1.94. The average Bonchev–Trinajstić information content (AvgIpc) is 2.32.